The third-order valence-electron chi connectivity index (χ3n) is 5.43. The molecule has 3 rings (SSSR count). The van der Waals surface area contributed by atoms with Crippen molar-refractivity contribution >= 4 is 11.9 Å². The SMILES string of the molecule is O=C=C(COC1CCNCC1)C(=O)ON1CCN(C2CCNCC2)CC1. The fourth-order valence-electron chi connectivity index (χ4n) is 3.80. The second kappa shape index (κ2) is 10.2. The fourth-order valence-corrected chi connectivity index (χ4v) is 3.80. The molecule has 0 spiro atoms. The van der Waals surface area contributed by atoms with E-state index in [1.54, 1.807) is 11.0 Å². The van der Waals surface area contributed by atoms with E-state index in [9.17, 15) is 9.59 Å². The van der Waals surface area contributed by atoms with Gasteiger partial charge in [-0.25, -0.2) is 9.59 Å². The largest absolute Gasteiger partial charge is 0.372 e. The van der Waals surface area contributed by atoms with Gasteiger partial charge in [-0.2, -0.15) is 0 Å². The molecule has 0 aromatic rings. The fraction of sp³-hybridized carbons (Fsp3) is 0.833. The zero-order valence-electron chi connectivity index (χ0n) is 15.4. The molecule has 26 heavy (non-hydrogen) atoms. The molecule has 0 radical (unpaired) electrons. The lowest BCUT2D eigenvalue weighted by molar-refractivity contribution is -0.194. The van der Waals surface area contributed by atoms with Crippen molar-refractivity contribution in [1.29, 1.82) is 0 Å². The summed E-state index contributed by atoms with van der Waals surface area (Å²) in [5.74, 6) is 1.06. The third-order valence-corrected chi connectivity index (χ3v) is 5.43. The summed E-state index contributed by atoms with van der Waals surface area (Å²) in [5.41, 5.74) is -0.0654. The molecule has 0 amide bonds. The molecule has 3 aliphatic rings. The number of carbonyl (C=O) groups excluding carboxylic acids is 2. The normalized spacial score (nSPS) is 24.2. The lowest BCUT2D eigenvalue weighted by atomic mass is 10.0. The molecule has 0 unspecified atom stereocenters. The number of carbonyl (C=O) groups is 1. The van der Waals surface area contributed by atoms with Crippen molar-refractivity contribution in [2.45, 2.75) is 37.8 Å². The summed E-state index contributed by atoms with van der Waals surface area (Å²) in [4.78, 5) is 31.2. The van der Waals surface area contributed by atoms with Crippen molar-refractivity contribution in [3.63, 3.8) is 0 Å². The summed E-state index contributed by atoms with van der Waals surface area (Å²) >= 11 is 0. The van der Waals surface area contributed by atoms with Crippen LogP contribution in [0.15, 0.2) is 5.57 Å². The van der Waals surface area contributed by atoms with E-state index < -0.39 is 5.97 Å². The summed E-state index contributed by atoms with van der Waals surface area (Å²) < 4.78 is 5.67. The zero-order chi connectivity index (χ0) is 18.2. The van der Waals surface area contributed by atoms with Crippen LogP contribution in [0.5, 0.6) is 0 Å². The first-order chi connectivity index (χ1) is 12.8. The molecule has 0 aliphatic carbocycles. The van der Waals surface area contributed by atoms with Gasteiger partial charge >= 0.3 is 5.97 Å². The number of hydrogen-bond donors (Lipinski definition) is 2. The van der Waals surface area contributed by atoms with Crippen molar-refractivity contribution < 1.29 is 19.2 Å². The lowest BCUT2D eigenvalue weighted by Gasteiger charge is -2.39. The van der Waals surface area contributed by atoms with Gasteiger partial charge in [-0.3, -0.25) is 4.90 Å². The Morgan fingerprint density at radius 3 is 2.19 bits per heavy atom. The molecule has 2 N–H and O–H groups in total. The summed E-state index contributed by atoms with van der Waals surface area (Å²) in [6.45, 7) is 7.01. The quantitative estimate of drug-likeness (QED) is 0.474. The van der Waals surface area contributed by atoms with Crippen LogP contribution in [0.3, 0.4) is 0 Å². The van der Waals surface area contributed by atoms with E-state index >= 15 is 0 Å². The average Bonchev–Trinajstić information content (AvgIpc) is 2.70. The highest BCUT2D eigenvalue weighted by molar-refractivity contribution is 5.96. The van der Waals surface area contributed by atoms with Crippen LogP contribution in [-0.2, 0) is 19.2 Å². The van der Waals surface area contributed by atoms with E-state index in [1.807, 2.05) is 0 Å². The van der Waals surface area contributed by atoms with Crippen LogP contribution in [0.1, 0.15) is 25.7 Å². The number of piperazine rings is 1. The van der Waals surface area contributed by atoms with Crippen LogP contribution in [0.25, 0.3) is 0 Å². The summed E-state index contributed by atoms with van der Waals surface area (Å²) in [6, 6.07) is 0.623. The second-order valence-electron chi connectivity index (χ2n) is 7.17. The van der Waals surface area contributed by atoms with Crippen molar-refractivity contribution in [3.05, 3.63) is 5.57 Å². The van der Waals surface area contributed by atoms with E-state index in [0.717, 1.165) is 52.1 Å². The molecular weight excluding hydrogens is 336 g/mol. The van der Waals surface area contributed by atoms with Gasteiger partial charge in [0.05, 0.1) is 12.7 Å². The van der Waals surface area contributed by atoms with Crippen LogP contribution >= 0.6 is 0 Å². The average molecular weight is 366 g/mol. The van der Waals surface area contributed by atoms with Gasteiger partial charge in [-0.1, -0.05) is 0 Å². The third kappa shape index (κ3) is 5.61. The van der Waals surface area contributed by atoms with Gasteiger partial charge in [0.1, 0.15) is 11.5 Å². The molecule has 0 aromatic carbocycles. The summed E-state index contributed by atoms with van der Waals surface area (Å²) in [5, 5.41) is 8.29. The minimum atomic E-state index is -0.635. The topological polar surface area (TPSA) is 83.1 Å². The first-order valence-corrected chi connectivity index (χ1v) is 9.74. The molecule has 0 saturated carbocycles. The van der Waals surface area contributed by atoms with E-state index in [4.69, 9.17) is 9.57 Å². The van der Waals surface area contributed by atoms with E-state index in [-0.39, 0.29) is 18.3 Å². The van der Waals surface area contributed by atoms with Crippen molar-refractivity contribution in [3.8, 4) is 0 Å². The monoisotopic (exact) mass is 366 g/mol. The number of hydrogen-bond acceptors (Lipinski definition) is 8. The Hall–Kier alpha value is -1.28. The second-order valence-corrected chi connectivity index (χ2v) is 7.17. The Labute approximate surface area is 154 Å². The van der Waals surface area contributed by atoms with Crippen molar-refractivity contribution in [2.75, 3.05) is 59.0 Å². The molecule has 3 saturated heterocycles. The molecule has 8 nitrogen and oxygen atoms in total. The predicted molar refractivity (Wildman–Crippen MR) is 96.2 cm³/mol. The van der Waals surface area contributed by atoms with Crippen LogP contribution in [0.2, 0.25) is 0 Å². The Balaban J connectivity index is 1.38. The summed E-state index contributed by atoms with van der Waals surface area (Å²) in [6.07, 6.45) is 4.21. The zero-order valence-corrected chi connectivity index (χ0v) is 15.4. The Bertz CT molecular complexity index is 503. The Kier molecular flexibility index (Phi) is 7.61. The van der Waals surface area contributed by atoms with Gasteiger partial charge < -0.3 is 20.2 Å². The van der Waals surface area contributed by atoms with E-state index in [2.05, 4.69) is 15.5 Å². The van der Waals surface area contributed by atoms with Gasteiger partial charge in [0.15, 0.2) is 0 Å². The van der Waals surface area contributed by atoms with Gasteiger partial charge in [-0.15, -0.1) is 5.06 Å². The number of nitrogens with zero attached hydrogens (tertiary/aromatic N) is 2. The number of ether oxygens (including phenoxy) is 1. The van der Waals surface area contributed by atoms with Crippen LogP contribution in [0, 0.1) is 0 Å². The standard InChI is InChI=1S/C18H30N4O4/c23-13-15(14-25-17-3-7-20-8-4-17)18(24)26-22-11-9-21(10-12-22)16-1-5-19-6-2-16/h16-17,19-20H,1-12,14H2. The van der Waals surface area contributed by atoms with E-state index in [0.29, 0.717) is 19.1 Å². The van der Waals surface area contributed by atoms with E-state index in [1.165, 1.54) is 12.8 Å². The van der Waals surface area contributed by atoms with Crippen molar-refractivity contribution in [2.24, 2.45) is 0 Å². The molecule has 0 aromatic heterocycles. The lowest BCUT2D eigenvalue weighted by Crippen LogP contribution is -2.53. The number of nitrogens with one attached hydrogen (secondary N) is 2. The highest BCUT2D eigenvalue weighted by Gasteiger charge is 2.27. The highest BCUT2D eigenvalue weighted by atomic mass is 16.7. The van der Waals surface area contributed by atoms with Gasteiger partial charge in [0.2, 0.25) is 0 Å². The van der Waals surface area contributed by atoms with Gasteiger partial charge in [-0.05, 0) is 51.9 Å². The van der Waals surface area contributed by atoms with Crippen LogP contribution in [0.4, 0.5) is 0 Å². The van der Waals surface area contributed by atoms with Gasteiger partial charge in [0.25, 0.3) is 0 Å². The molecule has 3 fully saturated rings. The smallest absolute Gasteiger partial charge is 0.366 e. The maximum absolute atomic E-state index is 12.2. The van der Waals surface area contributed by atoms with Gasteiger partial charge in [0, 0.05) is 32.2 Å². The molecular formula is C18H30N4O4. The number of piperidine rings is 2. The molecule has 3 aliphatic heterocycles. The van der Waals surface area contributed by atoms with Crippen LogP contribution < -0.4 is 10.6 Å². The minimum absolute atomic E-state index is 0.0258. The van der Waals surface area contributed by atoms with Crippen LogP contribution in [-0.4, -0.2) is 93.0 Å². The number of hydroxylamine groups is 2. The minimum Gasteiger partial charge on any atom is -0.372 e. The highest BCUT2D eigenvalue weighted by Crippen LogP contribution is 2.15. The molecule has 3 heterocycles. The summed E-state index contributed by atoms with van der Waals surface area (Å²) in [7, 11) is 0. The molecule has 0 atom stereocenters. The molecule has 0 bridgehead atoms. The molecule has 146 valence electrons. The number of rotatable bonds is 6. The Morgan fingerprint density at radius 2 is 1.58 bits per heavy atom. The van der Waals surface area contributed by atoms with Crippen molar-refractivity contribution in [1.82, 2.24) is 20.6 Å². The maximum atomic E-state index is 12.2. The first kappa shape index (κ1) is 19.5. The maximum Gasteiger partial charge on any atom is 0.366 e. The molecule has 8 heteroatoms. The predicted octanol–water partition coefficient (Wildman–Crippen LogP) is -0.659. The first-order valence-electron chi connectivity index (χ1n) is 9.74. The Morgan fingerprint density at radius 1 is 0.962 bits per heavy atom.